The Bertz CT molecular complexity index is 1110. The highest BCUT2D eigenvalue weighted by atomic mass is 32.1. The molecule has 32 heavy (non-hydrogen) atoms. The molecule has 1 aromatic carbocycles. The van der Waals surface area contributed by atoms with Crippen molar-refractivity contribution >= 4 is 32.6 Å². The number of amides is 1. The largest absolute Gasteiger partial charge is 0.494 e. The predicted molar refractivity (Wildman–Crippen MR) is 127 cm³/mol. The number of hydrogen-bond donors (Lipinski definition) is 0. The van der Waals surface area contributed by atoms with Crippen LogP contribution in [0.25, 0.3) is 10.2 Å². The van der Waals surface area contributed by atoms with Crippen molar-refractivity contribution in [2.45, 2.75) is 52.0 Å². The van der Waals surface area contributed by atoms with Gasteiger partial charge in [-0.05, 0) is 93.0 Å². The first-order chi connectivity index (χ1) is 15.6. The van der Waals surface area contributed by atoms with Crippen LogP contribution in [-0.2, 0) is 11.3 Å². The Morgan fingerprint density at radius 3 is 2.56 bits per heavy atom. The Morgan fingerprint density at radius 2 is 1.91 bits per heavy atom. The molecule has 2 aromatic heterocycles. The van der Waals surface area contributed by atoms with Crippen LogP contribution in [0.5, 0.6) is 5.75 Å². The number of aromatic nitrogens is 2. The topological polar surface area (TPSA) is 55.3 Å². The Hall–Kier alpha value is -2.47. The fourth-order valence-corrected chi connectivity index (χ4v) is 7.82. The molecule has 1 amide bonds. The first kappa shape index (κ1) is 20.2. The van der Waals surface area contributed by atoms with Crippen molar-refractivity contribution in [1.29, 1.82) is 0 Å². The lowest BCUT2D eigenvalue weighted by Crippen LogP contribution is -2.54. The molecular weight excluding hydrogens is 418 g/mol. The van der Waals surface area contributed by atoms with Gasteiger partial charge in [-0.15, -0.1) is 0 Å². The van der Waals surface area contributed by atoms with Crippen molar-refractivity contribution in [3.63, 3.8) is 0 Å². The third-order valence-corrected chi connectivity index (χ3v) is 8.73. The molecule has 4 aliphatic carbocycles. The molecule has 4 saturated carbocycles. The normalized spacial score (nSPS) is 28.2. The summed E-state index contributed by atoms with van der Waals surface area (Å²) in [6.45, 7) is 3.14. The molecule has 0 N–H and O–H groups in total. The number of hydrogen-bond acceptors (Lipinski definition) is 5. The van der Waals surface area contributed by atoms with Gasteiger partial charge in [0.25, 0.3) is 0 Å². The highest BCUT2D eigenvalue weighted by Crippen LogP contribution is 2.61. The smallest absolute Gasteiger partial charge is 0.235 e. The highest BCUT2D eigenvalue weighted by Gasteiger charge is 2.56. The zero-order chi connectivity index (χ0) is 21.7. The van der Waals surface area contributed by atoms with E-state index in [0.717, 1.165) is 63.7 Å². The van der Waals surface area contributed by atoms with E-state index < -0.39 is 0 Å². The molecule has 0 unspecified atom stereocenters. The van der Waals surface area contributed by atoms with E-state index in [2.05, 4.69) is 4.98 Å². The second-order valence-corrected chi connectivity index (χ2v) is 11.0. The lowest BCUT2D eigenvalue weighted by Gasteiger charge is -2.56. The SMILES string of the molecule is CCOc1ccc2nc(N(Cc3cccnc3)C(=O)C34CC5CC(CC(C5)C3)C4)sc2c1. The summed E-state index contributed by atoms with van der Waals surface area (Å²) in [6, 6.07) is 9.99. The van der Waals surface area contributed by atoms with E-state index >= 15 is 0 Å². The van der Waals surface area contributed by atoms with Crippen molar-refractivity contribution in [2.75, 3.05) is 11.5 Å². The van der Waals surface area contributed by atoms with E-state index in [1.54, 1.807) is 17.5 Å². The molecule has 2 heterocycles. The minimum atomic E-state index is -0.203. The van der Waals surface area contributed by atoms with Crippen LogP contribution in [0.4, 0.5) is 5.13 Å². The van der Waals surface area contributed by atoms with E-state index in [1.165, 1.54) is 19.3 Å². The van der Waals surface area contributed by atoms with E-state index in [-0.39, 0.29) is 11.3 Å². The molecule has 5 nitrogen and oxygen atoms in total. The van der Waals surface area contributed by atoms with Crippen molar-refractivity contribution < 1.29 is 9.53 Å². The van der Waals surface area contributed by atoms with Crippen LogP contribution in [0.2, 0.25) is 0 Å². The van der Waals surface area contributed by atoms with Crippen LogP contribution in [0.3, 0.4) is 0 Å². The van der Waals surface area contributed by atoms with Gasteiger partial charge in [0, 0.05) is 12.4 Å². The average molecular weight is 448 g/mol. The summed E-state index contributed by atoms with van der Waals surface area (Å²) in [5.41, 5.74) is 1.76. The van der Waals surface area contributed by atoms with E-state index in [1.807, 2.05) is 48.4 Å². The number of fused-ring (bicyclic) bond motifs is 1. The van der Waals surface area contributed by atoms with Gasteiger partial charge in [-0.2, -0.15) is 0 Å². The highest BCUT2D eigenvalue weighted by molar-refractivity contribution is 7.22. The maximum Gasteiger partial charge on any atom is 0.235 e. The maximum absolute atomic E-state index is 14.3. The molecule has 4 aliphatic rings. The second-order valence-electron chi connectivity index (χ2n) is 10.0. The molecule has 166 valence electrons. The monoisotopic (exact) mass is 447 g/mol. The minimum Gasteiger partial charge on any atom is -0.494 e. The van der Waals surface area contributed by atoms with Gasteiger partial charge >= 0.3 is 0 Å². The first-order valence-electron chi connectivity index (χ1n) is 11.9. The zero-order valence-corrected chi connectivity index (χ0v) is 19.3. The number of nitrogens with zero attached hydrogens (tertiary/aromatic N) is 3. The lowest BCUT2D eigenvalue weighted by molar-refractivity contribution is -0.143. The summed E-state index contributed by atoms with van der Waals surface area (Å²) < 4.78 is 6.74. The first-order valence-corrected chi connectivity index (χ1v) is 12.7. The fraction of sp³-hybridized carbons (Fsp3) is 0.500. The quantitative estimate of drug-likeness (QED) is 0.476. The maximum atomic E-state index is 14.3. The van der Waals surface area contributed by atoms with Crippen LogP contribution in [-0.4, -0.2) is 22.5 Å². The van der Waals surface area contributed by atoms with Crippen LogP contribution < -0.4 is 9.64 Å². The van der Waals surface area contributed by atoms with E-state index in [4.69, 9.17) is 9.72 Å². The fourth-order valence-electron chi connectivity index (χ4n) is 6.82. The standard InChI is InChI=1S/C26H29N3O2S/c1-2-31-21-5-6-22-23(11-21)32-25(28-22)29(16-17-4-3-7-27-15-17)24(30)26-12-18-8-19(13-26)10-20(9-18)14-26/h3-7,11,15,18-20H,2,8-10,12-14,16H2,1H3. The van der Waals surface area contributed by atoms with Gasteiger partial charge in [0.1, 0.15) is 5.75 Å². The predicted octanol–water partition coefficient (Wildman–Crippen LogP) is 5.84. The van der Waals surface area contributed by atoms with Crippen molar-refractivity contribution in [1.82, 2.24) is 9.97 Å². The molecule has 0 atom stereocenters. The van der Waals surface area contributed by atoms with Crippen molar-refractivity contribution in [3.8, 4) is 5.75 Å². The van der Waals surface area contributed by atoms with Gasteiger partial charge in [0.15, 0.2) is 5.13 Å². The molecular formula is C26H29N3O2S. The summed E-state index contributed by atoms with van der Waals surface area (Å²) in [6.07, 6.45) is 10.8. The number of benzene rings is 1. The summed E-state index contributed by atoms with van der Waals surface area (Å²) in [5.74, 6) is 3.32. The van der Waals surface area contributed by atoms with Gasteiger partial charge in [0.2, 0.25) is 5.91 Å². The van der Waals surface area contributed by atoms with Crippen LogP contribution in [0, 0.1) is 23.2 Å². The number of anilines is 1. The van der Waals surface area contributed by atoms with E-state index in [0.29, 0.717) is 13.2 Å². The lowest BCUT2D eigenvalue weighted by atomic mass is 9.49. The van der Waals surface area contributed by atoms with Crippen LogP contribution in [0.15, 0.2) is 42.7 Å². The molecule has 4 bridgehead atoms. The average Bonchev–Trinajstić information content (AvgIpc) is 3.20. The number of carbonyl (C=O) groups is 1. The molecule has 4 fully saturated rings. The van der Waals surface area contributed by atoms with Crippen LogP contribution in [0.1, 0.15) is 51.0 Å². The Morgan fingerprint density at radius 1 is 1.16 bits per heavy atom. The zero-order valence-electron chi connectivity index (χ0n) is 18.5. The summed E-state index contributed by atoms with van der Waals surface area (Å²) in [7, 11) is 0. The Balaban J connectivity index is 1.38. The number of thiazole rings is 1. The third-order valence-electron chi connectivity index (χ3n) is 7.69. The molecule has 0 aliphatic heterocycles. The summed E-state index contributed by atoms with van der Waals surface area (Å²) in [5, 5.41) is 0.790. The summed E-state index contributed by atoms with van der Waals surface area (Å²) >= 11 is 1.59. The number of pyridine rings is 1. The molecule has 6 heteroatoms. The Labute approximate surface area is 192 Å². The van der Waals surface area contributed by atoms with Gasteiger partial charge in [-0.1, -0.05) is 17.4 Å². The molecule has 7 rings (SSSR count). The van der Waals surface area contributed by atoms with Gasteiger partial charge in [-0.25, -0.2) is 4.98 Å². The number of rotatable bonds is 6. The van der Waals surface area contributed by atoms with Gasteiger partial charge in [-0.3, -0.25) is 14.7 Å². The molecule has 0 spiro atoms. The van der Waals surface area contributed by atoms with Crippen LogP contribution >= 0.6 is 11.3 Å². The van der Waals surface area contributed by atoms with Crippen molar-refractivity contribution in [2.24, 2.45) is 23.2 Å². The number of ether oxygens (including phenoxy) is 1. The molecule has 0 radical (unpaired) electrons. The third kappa shape index (κ3) is 3.49. The molecule has 3 aromatic rings. The Kier molecular flexibility index (Phi) is 4.94. The summed E-state index contributed by atoms with van der Waals surface area (Å²) in [4.78, 5) is 25.5. The minimum absolute atomic E-state index is 0.203. The van der Waals surface area contributed by atoms with Gasteiger partial charge < -0.3 is 4.74 Å². The molecule has 0 saturated heterocycles. The second kappa shape index (κ2) is 7.84. The van der Waals surface area contributed by atoms with Crippen molar-refractivity contribution in [3.05, 3.63) is 48.3 Å². The van der Waals surface area contributed by atoms with E-state index in [9.17, 15) is 4.79 Å². The van der Waals surface area contributed by atoms with Gasteiger partial charge in [0.05, 0.1) is 28.8 Å². The number of carbonyl (C=O) groups excluding carboxylic acids is 1.